The average molecular weight is 431 g/mol. The molecule has 7 nitrogen and oxygen atoms in total. The van der Waals surface area contributed by atoms with Crippen LogP contribution in [-0.2, 0) is 16.6 Å². The Morgan fingerprint density at radius 2 is 1.97 bits per heavy atom. The number of benzene rings is 1. The van der Waals surface area contributed by atoms with Crippen molar-refractivity contribution >= 4 is 23.3 Å². The minimum atomic E-state index is -0.600. The third kappa shape index (κ3) is 5.23. The lowest BCUT2D eigenvalue weighted by atomic mass is 9.74. The largest absolute Gasteiger partial charge is 0.391 e. The van der Waals surface area contributed by atoms with Crippen LogP contribution in [0.15, 0.2) is 30.3 Å². The highest BCUT2D eigenvalue weighted by Gasteiger charge is 2.38. The van der Waals surface area contributed by atoms with Gasteiger partial charge >= 0.3 is 0 Å². The van der Waals surface area contributed by atoms with E-state index in [-0.39, 0.29) is 23.3 Å². The molecule has 3 rings (SSSR count). The second-order valence-electron chi connectivity index (χ2n) is 8.08. The summed E-state index contributed by atoms with van der Waals surface area (Å²) in [4.78, 5) is 25.0. The second kappa shape index (κ2) is 10.1. The molecule has 3 atom stereocenters. The molecule has 3 N–H and O–H groups in total. The van der Waals surface area contributed by atoms with Crippen LogP contribution in [0, 0.1) is 0 Å². The molecule has 8 heteroatoms. The predicted octanol–water partition coefficient (Wildman–Crippen LogP) is 2.60. The zero-order chi connectivity index (χ0) is 21.6. The first kappa shape index (κ1) is 22.4. The van der Waals surface area contributed by atoms with Gasteiger partial charge in [0.25, 0.3) is 5.91 Å². The molecular weight excluding hydrogens is 400 g/mol. The standard InChI is InChI=1S/C22H30N4O3S/c1-3-7-18-20(30-26-25-18)21(29)23-14-22(16-8-5-4-6-9-16)12-10-17(24-15(2)27)19(28)11-13-22/h4-6,8-9,17,19,28H,3,7,10-14H2,1-2H3,(H,23,29)(H,24,27)/t17-,19-,22-/m0/s1. The third-order valence-electron chi connectivity index (χ3n) is 5.93. The van der Waals surface area contributed by atoms with E-state index in [0.29, 0.717) is 24.3 Å². The Hall–Kier alpha value is -2.32. The van der Waals surface area contributed by atoms with Gasteiger partial charge in [0.05, 0.1) is 17.8 Å². The number of amides is 2. The van der Waals surface area contributed by atoms with Crippen LogP contribution in [0.5, 0.6) is 0 Å². The predicted molar refractivity (Wildman–Crippen MR) is 116 cm³/mol. The number of hydrogen-bond donors (Lipinski definition) is 3. The van der Waals surface area contributed by atoms with Crippen molar-refractivity contribution in [3.05, 3.63) is 46.5 Å². The summed E-state index contributed by atoms with van der Waals surface area (Å²) in [5, 5.41) is 20.7. The molecule has 30 heavy (non-hydrogen) atoms. The minimum Gasteiger partial charge on any atom is -0.391 e. The Bertz CT molecular complexity index is 857. The van der Waals surface area contributed by atoms with Crippen LogP contribution >= 0.6 is 11.5 Å². The van der Waals surface area contributed by atoms with Crippen molar-refractivity contribution in [3.63, 3.8) is 0 Å². The molecule has 0 aliphatic heterocycles. The molecule has 1 aromatic heterocycles. The summed E-state index contributed by atoms with van der Waals surface area (Å²) in [6.45, 7) is 3.98. The number of aromatic nitrogens is 2. The maximum Gasteiger partial charge on any atom is 0.264 e. The van der Waals surface area contributed by atoms with Crippen LogP contribution in [0.1, 0.15) is 66.9 Å². The van der Waals surface area contributed by atoms with Gasteiger partial charge in [-0.2, -0.15) is 0 Å². The zero-order valence-corrected chi connectivity index (χ0v) is 18.4. The number of hydrogen-bond acceptors (Lipinski definition) is 6. The molecule has 0 unspecified atom stereocenters. The molecule has 162 valence electrons. The molecule has 2 aromatic rings. The van der Waals surface area contributed by atoms with Gasteiger partial charge < -0.3 is 15.7 Å². The number of nitrogens with one attached hydrogen (secondary N) is 2. The Labute approximate surface area is 181 Å². The van der Waals surface area contributed by atoms with E-state index in [9.17, 15) is 14.7 Å². The van der Waals surface area contributed by atoms with E-state index in [1.54, 1.807) is 0 Å². The first-order valence-electron chi connectivity index (χ1n) is 10.6. The topological polar surface area (TPSA) is 104 Å². The highest BCUT2D eigenvalue weighted by Crippen LogP contribution is 2.38. The quantitative estimate of drug-likeness (QED) is 0.586. The Morgan fingerprint density at radius 3 is 2.67 bits per heavy atom. The number of aliphatic hydroxyl groups excluding tert-OH is 1. The van der Waals surface area contributed by atoms with Gasteiger partial charge in [0.15, 0.2) is 0 Å². The van der Waals surface area contributed by atoms with E-state index >= 15 is 0 Å². The molecule has 0 saturated heterocycles. The highest BCUT2D eigenvalue weighted by atomic mass is 32.1. The van der Waals surface area contributed by atoms with Crippen molar-refractivity contribution in [3.8, 4) is 0 Å². The Balaban J connectivity index is 1.80. The van der Waals surface area contributed by atoms with Gasteiger partial charge in [-0.05, 0) is 49.2 Å². The number of nitrogens with zero attached hydrogens (tertiary/aromatic N) is 2. The summed E-state index contributed by atoms with van der Waals surface area (Å²) in [5.74, 6) is -0.285. The van der Waals surface area contributed by atoms with E-state index in [4.69, 9.17) is 0 Å². The molecule has 1 aliphatic carbocycles. The third-order valence-corrected chi connectivity index (χ3v) is 6.69. The van der Waals surface area contributed by atoms with Crippen molar-refractivity contribution in [2.45, 2.75) is 69.9 Å². The summed E-state index contributed by atoms with van der Waals surface area (Å²) in [7, 11) is 0. The molecule has 0 radical (unpaired) electrons. The monoisotopic (exact) mass is 430 g/mol. The molecular formula is C22H30N4O3S. The van der Waals surface area contributed by atoms with Gasteiger partial charge in [0, 0.05) is 18.9 Å². The minimum absolute atomic E-state index is 0.138. The number of carbonyl (C=O) groups is 2. The van der Waals surface area contributed by atoms with Gasteiger partial charge in [-0.1, -0.05) is 48.2 Å². The normalized spacial score (nSPS) is 24.1. The van der Waals surface area contributed by atoms with Crippen LogP contribution in [0.2, 0.25) is 0 Å². The van der Waals surface area contributed by atoms with E-state index in [0.717, 1.165) is 48.5 Å². The van der Waals surface area contributed by atoms with Crippen molar-refractivity contribution in [1.82, 2.24) is 20.2 Å². The van der Waals surface area contributed by atoms with Crippen LogP contribution in [0.4, 0.5) is 0 Å². The van der Waals surface area contributed by atoms with Crippen molar-refractivity contribution < 1.29 is 14.7 Å². The summed E-state index contributed by atoms with van der Waals surface area (Å²) in [5.41, 5.74) is 1.57. The molecule has 0 bridgehead atoms. The Morgan fingerprint density at radius 1 is 1.23 bits per heavy atom. The fraction of sp³-hybridized carbons (Fsp3) is 0.545. The van der Waals surface area contributed by atoms with Gasteiger partial charge in [-0.3, -0.25) is 9.59 Å². The van der Waals surface area contributed by atoms with Gasteiger partial charge in [-0.15, -0.1) is 5.10 Å². The molecule has 1 aromatic carbocycles. The van der Waals surface area contributed by atoms with Crippen LogP contribution in [0.3, 0.4) is 0 Å². The molecule has 1 heterocycles. The fourth-order valence-corrected chi connectivity index (χ4v) is 4.90. The molecule has 1 aliphatic rings. The van der Waals surface area contributed by atoms with Crippen LogP contribution in [0.25, 0.3) is 0 Å². The Kier molecular flexibility index (Phi) is 7.55. The van der Waals surface area contributed by atoms with E-state index in [1.165, 1.54) is 6.92 Å². The first-order valence-corrected chi connectivity index (χ1v) is 11.3. The van der Waals surface area contributed by atoms with Gasteiger partial charge in [-0.25, -0.2) is 0 Å². The van der Waals surface area contributed by atoms with E-state index < -0.39 is 6.10 Å². The lowest BCUT2D eigenvalue weighted by molar-refractivity contribution is -0.120. The summed E-state index contributed by atoms with van der Waals surface area (Å²) < 4.78 is 3.95. The second-order valence-corrected chi connectivity index (χ2v) is 8.83. The first-order chi connectivity index (χ1) is 14.4. The van der Waals surface area contributed by atoms with Gasteiger partial charge in [0.2, 0.25) is 5.91 Å². The van der Waals surface area contributed by atoms with E-state index in [2.05, 4.69) is 32.4 Å². The highest BCUT2D eigenvalue weighted by molar-refractivity contribution is 7.08. The fourth-order valence-electron chi connectivity index (χ4n) is 4.27. The molecule has 2 amide bonds. The van der Waals surface area contributed by atoms with Crippen molar-refractivity contribution in [2.75, 3.05) is 6.54 Å². The van der Waals surface area contributed by atoms with Crippen molar-refractivity contribution in [2.24, 2.45) is 0 Å². The van der Waals surface area contributed by atoms with Gasteiger partial charge in [0.1, 0.15) is 4.88 Å². The van der Waals surface area contributed by atoms with Crippen LogP contribution in [-0.4, -0.2) is 45.2 Å². The average Bonchev–Trinajstić information content (AvgIpc) is 3.14. The summed E-state index contributed by atoms with van der Waals surface area (Å²) in [6.07, 6.45) is 3.71. The zero-order valence-electron chi connectivity index (χ0n) is 17.6. The molecule has 1 fully saturated rings. The van der Waals surface area contributed by atoms with E-state index in [1.807, 2.05) is 25.1 Å². The SMILES string of the molecule is CCCc1nnsc1C(=O)NC[C@]1(c2ccccc2)CC[C@H](NC(C)=O)[C@@H](O)CC1. The number of aliphatic hydroxyl groups is 1. The number of aryl methyl sites for hydroxylation is 1. The lowest BCUT2D eigenvalue weighted by Crippen LogP contribution is -2.42. The van der Waals surface area contributed by atoms with Crippen LogP contribution < -0.4 is 10.6 Å². The number of rotatable bonds is 7. The maximum absolute atomic E-state index is 12.9. The van der Waals surface area contributed by atoms with Crippen molar-refractivity contribution in [1.29, 1.82) is 0 Å². The number of carbonyl (C=O) groups excluding carboxylic acids is 2. The smallest absolute Gasteiger partial charge is 0.264 e. The lowest BCUT2D eigenvalue weighted by Gasteiger charge is -2.34. The molecule has 0 spiro atoms. The molecule has 1 saturated carbocycles. The maximum atomic E-state index is 12.9. The summed E-state index contributed by atoms with van der Waals surface area (Å²) >= 11 is 1.13. The summed E-state index contributed by atoms with van der Waals surface area (Å²) in [6, 6.07) is 9.85.